The molecule has 0 aliphatic carbocycles. The molecule has 0 radical (unpaired) electrons. The molecule has 0 fully saturated rings. The molecule has 5 nitrogen and oxygen atoms in total. The van der Waals surface area contributed by atoms with Crippen LogP contribution < -0.4 is 15.4 Å². The molecule has 0 saturated heterocycles. The highest BCUT2D eigenvalue weighted by Crippen LogP contribution is 2.17. The second-order valence-corrected chi connectivity index (χ2v) is 6.99. The van der Waals surface area contributed by atoms with Gasteiger partial charge in [0.15, 0.2) is 0 Å². The second-order valence-electron chi connectivity index (χ2n) is 6.55. The number of amides is 2. The molecule has 0 spiro atoms. The van der Waals surface area contributed by atoms with E-state index in [1.54, 1.807) is 36.4 Å². The van der Waals surface area contributed by atoms with Crippen LogP contribution in [0.15, 0.2) is 66.7 Å². The minimum absolute atomic E-state index is 0.00328. The summed E-state index contributed by atoms with van der Waals surface area (Å²) in [5.41, 5.74) is 0.609. The summed E-state index contributed by atoms with van der Waals surface area (Å²) in [6.07, 6.45) is 0. The van der Waals surface area contributed by atoms with Crippen molar-refractivity contribution >= 4 is 23.4 Å². The Hall–Kier alpha value is -3.45. The Labute approximate surface area is 183 Å². The highest BCUT2D eigenvalue weighted by molar-refractivity contribution is 6.30. The zero-order valence-electron chi connectivity index (χ0n) is 16.3. The first-order valence-corrected chi connectivity index (χ1v) is 9.79. The van der Waals surface area contributed by atoms with Crippen molar-refractivity contribution in [2.45, 2.75) is 6.61 Å². The summed E-state index contributed by atoms with van der Waals surface area (Å²) in [5.74, 6) is -2.65. The Bertz CT molecular complexity index is 1070. The lowest BCUT2D eigenvalue weighted by atomic mass is 10.2. The van der Waals surface area contributed by atoms with Crippen molar-refractivity contribution in [3.05, 3.63) is 100 Å². The average molecular weight is 445 g/mol. The minimum Gasteiger partial charge on any atom is -0.489 e. The van der Waals surface area contributed by atoms with Crippen LogP contribution in [0.3, 0.4) is 0 Å². The maximum absolute atomic E-state index is 13.6. The number of nitrogens with one attached hydrogen (secondary N) is 2. The van der Waals surface area contributed by atoms with Crippen molar-refractivity contribution in [1.82, 2.24) is 10.6 Å². The normalized spacial score (nSPS) is 10.4. The zero-order valence-corrected chi connectivity index (χ0v) is 17.1. The van der Waals surface area contributed by atoms with E-state index in [1.165, 1.54) is 6.07 Å². The van der Waals surface area contributed by atoms with E-state index < -0.39 is 23.1 Å². The lowest BCUT2D eigenvalue weighted by molar-refractivity contribution is 0.0922. The van der Waals surface area contributed by atoms with Crippen LogP contribution in [0.5, 0.6) is 5.75 Å². The van der Waals surface area contributed by atoms with Crippen LogP contribution in [-0.4, -0.2) is 24.9 Å². The first-order chi connectivity index (χ1) is 14.9. The highest BCUT2D eigenvalue weighted by atomic mass is 35.5. The summed E-state index contributed by atoms with van der Waals surface area (Å²) in [7, 11) is 0. The molecule has 0 atom stereocenters. The number of ether oxygens (including phenoxy) is 1. The molecule has 3 rings (SSSR count). The van der Waals surface area contributed by atoms with E-state index >= 15 is 0 Å². The molecule has 0 unspecified atom stereocenters. The van der Waals surface area contributed by atoms with Gasteiger partial charge in [0, 0.05) is 23.7 Å². The van der Waals surface area contributed by atoms with Crippen LogP contribution in [0.2, 0.25) is 5.02 Å². The molecule has 3 aromatic carbocycles. The zero-order chi connectivity index (χ0) is 22.2. The maximum Gasteiger partial charge on any atom is 0.257 e. The summed E-state index contributed by atoms with van der Waals surface area (Å²) < 4.78 is 32.9. The molecule has 2 N–H and O–H groups in total. The lowest BCUT2D eigenvalue weighted by Gasteiger charge is -2.10. The van der Waals surface area contributed by atoms with Crippen LogP contribution in [0, 0.1) is 11.6 Å². The first-order valence-electron chi connectivity index (χ1n) is 9.42. The topological polar surface area (TPSA) is 67.4 Å². The summed E-state index contributed by atoms with van der Waals surface area (Å²) in [4.78, 5) is 24.2. The number of halogens is 3. The predicted octanol–water partition coefficient (Wildman–Crippen LogP) is 4.36. The molecule has 160 valence electrons. The molecule has 31 heavy (non-hydrogen) atoms. The Morgan fingerprint density at radius 3 is 2.19 bits per heavy atom. The van der Waals surface area contributed by atoms with E-state index in [4.69, 9.17) is 16.3 Å². The van der Waals surface area contributed by atoms with Crippen molar-refractivity contribution in [2.24, 2.45) is 0 Å². The smallest absolute Gasteiger partial charge is 0.257 e. The molecule has 8 heteroatoms. The molecule has 3 aromatic rings. The Morgan fingerprint density at radius 1 is 0.839 bits per heavy atom. The molecule has 0 saturated carbocycles. The quantitative estimate of drug-likeness (QED) is 0.507. The van der Waals surface area contributed by atoms with Crippen LogP contribution in [-0.2, 0) is 6.61 Å². The Kier molecular flexibility index (Phi) is 7.56. The Balaban J connectivity index is 1.48. The number of carbonyl (C=O) groups excluding carboxylic acids is 2. The van der Waals surface area contributed by atoms with Gasteiger partial charge < -0.3 is 15.4 Å². The maximum atomic E-state index is 13.6. The minimum atomic E-state index is -0.948. The molecule has 0 bridgehead atoms. The van der Waals surface area contributed by atoms with E-state index in [1.807, 2.05) is 12.1 Å². The van der Waals surface area contributed by atoms with E-state index in [2.05, 4.69) is 10.6 Å². The van der Waals surface area contributed by atoms with Gasteiger partial charge in [-0.3, -0.25) is 9.59 Å². The predicted molar refractivity (Wildman–Crippen MR) is 113 cm³/mol. The SMILES string of the molecule is O=C(NCCNC(=O)c1c(F)cccc1F)c1cccc(OCc2cccc(Cl)c2)c1. The molecule has 0 aliphatic heterocycles. The van der Waals surface area contributed by atoms with E-state index in [0.717, 1.165) is 17.7 Å². The van der Waals surface area contributed by atoms with Crippen LogP contribution >= 0.6 is 11.6 Å². The van der Waals surface area contributed by atoms with Gasteiger partial charge in [-0.1, -0.05) is 35.9 Å². The van der Waals surface area contributed by atoms with Gasteiger partial charge in [-0.15, -0.1) is 0 Å². The average Bonchev–Trinajstić information content (AvgIpc) is 2.75. The molecule has 0 aromatic heterocycles. The fourth-order valence-electron chi connectivity index (χ4n) is 2.78. The van der Waals surface area contributed by atoms with Gasteiger partial charge in [0.05, 0.1) is 0 Å². The summed E-state index contributed by atoms with van der Waals surface area (Å²) in [5, 5.41) is 5.61. The van der Waals surface area contributed by atoms with Gasteiger partial charge in [0.25, 0.3) is 11.8 Å². The number of benzene rings is 3. The summed E-state index contributed by atoms with van der Waals surface area (Å²) in [6, 6.07) is 17.1. The van der Waals surface area contributed by atoms with Crippen molar-refractivity contribution in [2.75, 3.05) is 13.1 Å². The van der Waals surface area contributed by atoms with Gasteiger partial charge in [0.1, 0.15) is 29.6 Å². The lowest BCUT2D eigenvalue weighted by Crippen LogP contribution is -2.35. The van der Waals surface area contributed by atoms with Gasteiger partial charge in [-0.25, -0.2) is 8.78 Å². The summed E-state index contributed by atoms with van der Waals surface area (Å²) >= 11 is 5.95. The molecule has 0 aliphatic rings. The largest absolute Gasteiger partial charge is 0.489 e. The van der Waals surface area contributed by atoms with Crippen LogP contribution in [0.25, 0.3) is 0 Å². The van der Waals surface area contributed by atoms with E-state index in [0.29, 0.717) is 22.9 Å². The fraction of sp³-hybridized carbons (Fsp3) is 0.130. The Morgan fingerprint density at radius 2 is 1.48 bits per heavy atom. The third-order valence-corrected chi connectivity index (χ3v) is 4.51. The number of hydrogen-bond donors (Lipinski definition) is 2. The van der Waals surface area contributed by atoms with Crippen LogP contribution in [0.4, 0.5) is 8.78 Å². The number of rotatable bonds is 8. The number of hydrogen-bond acceptors (Lipinski definition) is 3. The van der Waals surface area contributed by atoms with E-state index in [9.17, 15) is 18.4 Å². The number of carbonyl (C=O) groups is 2. The monoisotopic (exact) mass is 444 g/mol. The standard InChI is InChI=1S/C23H19ClF2N2O3/c24-17-6-1-4-15(12-17)14-31-18-7-2-5-16(13-18)22(29)27-10-11-28-23(30)21-19(25)8-3-9-20(21)26/h1-9,12-13H,10-11,14H2,(H,27,29)(H,28,30). The van der Waals surface area contributed by atoms with Gasteiger partial charge >= 0.3 is 0 Å². The fourth-order valence-corrected chi connectivity index (χ4v) is 2.99. The highest BCUT2D eigenvalue weighted by Gasteiger charge is 2.16. The third-order valence-electron chi connectivity index (χ3n) is 4.28. The van der Waals surface area contributed by atoms with Crippen LogP contribution in [0.1, 0.15) is 26.3 Å². The summed E-state index contributed by atoms with van der Waals surface area (Å²) in [6.45, 7) is 0.377. The van der Waals surface area contributed by atoms with Crippen molar-refractivity contribution in [1.29, 1.82) is 0 Å². The van der Waals surface area contributed by atoms with E-state index in [-0.39, 0.29) is 19.0 Å². The first kappa shape index (κ1) is 22.2. The molecule has 2 amide bonds. The van der Waals surface area contributed by atoms with Gasteiger partial charge in [-0.2, -0.15) is 0 Å². The molecular formula is C23H19ClF2N2O3. The van der Waals surface area contributed by atoms with Gasteiger partial charge in [0.2, 0.25) is 0 Å². The third kappa shape index (κ3) is 6.26. The van der Waals surface area contributed by atoms with Gasteiger partial charge in [-0.05, 0) is 48.0 Å². The van der Waals surface area contributed by atoms with Crippen molar-refractivity contribution in [3.8, 4) is 5.75 Å². The van der Waals surface area contributed by atoms with Crippen molar-refractivity contribution in [3.63, 3.8) is 0 Å². The second kappa shape index (κ2) is 10.5. The molecular weight excluding hydrogens is 426 g/mol. The molecule has 0 heterocycles. The van der Waals surface area contributed by atoms with Crippen molar-refractivity contribution < 1.29 is 23.1 Å².